The molecule has 3 heterocycles. The lowest BCUT2D eigenvalue weighted by Gasteiger charge is -2.23. The first-order valence-electron chi connectivity index (χ1n) is 9.74. The van der Waals surface area contributed by atoms with Gasteiger partial charge in [-0.15, -0.1) is 0 Å². The third kappa shape index (κ3) is 4.07. The van der Waals surface area contributed by atoms with Crippen molar-refractivity contribution in [3.8, 4) is 11.3 Å². The largest absolute Gasteiger partial charge is 0.396 e. The average molecular weight is 402 g/mol. The molecule has 1 aromatic carbocycles. The van der Waals surface area contributed by atoms with Gasteiger partial charge >= 0.3 is 0 Å². The minimum atomic E-state index is -0.601. The van der Waals surface area contributed by atoms with Gasteiger partial charge in [0.2, 0.25) is 0 Å². The molecule has 1 amide bonds. The number of amides is 1. The quantitative estimate of drug-likeness (QED) is 0.432. The van der Waals surface area contributed by atoms with Crippen LogP contribution in [0.25, 0.3) is 22.2 Å². The lowest BCUT2D eigenvalue weighted by molar-refractivity contribution is 0.0708. The molecule has 0 saturated heterocycles. The molecule has 0 unspecified atom stereocenters. The number of nitrogens with zero attached hydrogens (tertiary/aromatic N) is 3. The van der Waals surface area contributed by atoms with Gasteiger partial charge in [-0.3, -0.25) is 15.0 Å². The maximum absolute atomic E-state index is 12.1. The van der Waals surface area contributed by atoms with Crippen LogP contribution in [0.3, 0.4) is 0 Å². The molecule has 0 radical (unpaired) electrons. The zero-order chi connectivity index (χ0) is 20.9. The first-order valence-corrected chi connectivity index (χ1v) is 9.74. The third-order valence-corrected chi connectivity index (χ3v) is 5.09. The Balaban J connectivity index is 1.59. The van der Waals surface area contributed by atoms with Crippen LogP contribution in [0.5, 0.6) is 0 Å². The third-order valence-electron chi connectivity index (χ3n) is 5.09. The number of hydrogen-bond donors (Lipinski definition) is 3. The summed E-state index contributed by atoms with van der Waals surface area (Å²) in [5.74, 6) is -0.601. The van der Waals surface area contributed by atoms with Crippen molar-refractivity contribution in [3.05, 3.63) is 78.3 Å². The highest BCUT2D eigenvalue weighted by atomic mass is 16.5. The van der Waals surface area contributed by atoms with Gasteiger partial charge in [-0.25, -0.2) is 10.5 Å². The Morgan fingerprint density at radius 2 is 2.03 bits per heavy atom. The number of rotatable bonds is 6. The summed E-state index contributed by atoms with van der Waals surface area (Å²) in [6.07, 6.45) is 11.1. The van der Waals surface area contributed by atoms with E-state index in [4.69, 9.17) is 10.3 Å². The zero-order valence-corrected chi connectivity index (χ0v) is 16.3. The number of hydrogen-bond acceptors (Lipinski definition) is 6. The molecule has 3 aromatic rings. The number of benzene rings is 1. The van der Waals surface area contributed by atoms with E-state index in [0.717, 1.165) is 30.6 Å². The van der Waals surface area contributed by atoms with Crippen molar-refractivity contribution in [1.82, 2.24) is 15.4 Å². The maximum Gasteiger partial charge on any atom is 0.275 e. The van der Waals surface area contributed by atoms with E-state index < -0.39 is 5.91 Å². The van der Waals surface area contributed by atoms with Crippen molar-refractivity contribution in [1.29, 1.82) is 0 Å². The number of aliphatic hydroxyl groups is 1. The molecule has 3 N–H and O–H groups in total. The van der Waals surface area contributed by atoms with Gasteiger partial charge < -0.3 is 10.0 Å². The first kappa shape index (κ1) is 19.8. The summed E-state index contributed by atoms with van der Waals surface area (Å²) in [6.45, 7) is 0.982. The molecule has 30 heavy (non-hydrogen) atoms. The van der Waals surface area contributed by atoms with Gasteiger partial charge in [-0.1, -0.05) is 18.2 Å². The van der Waals surface area contributed by atoms with Crippen LogP contribution in [0.15, 0.2) is 72.7 Å². The number of aromatic nitrogens is 2. The van der Waals surface area contributed by atoms with Gasteiger partial charge in [0.1, 0.15) is 0 Å². The monoisotopic (exact) mass is 402 g/mol. The summed E-state index contributed by atoms with van der Waals surface area (Å²) in [5.41, 5.74) is 6.42. The van der Waals surface area contributed by atoms with E-state index in [1.807, 2.05) is 30.5 Å². The second-order valence-electron chi connectivity index (χ2n) is 7.01. The first-order chi connectivity index (χ1) is 14.7. The van der Waals surface area contributed by atoms with E-state index in [0.29, 0.717) is 22.2 Å². The normalized spacial score (nSPS) is 13.4. The fraction of sp³-hybridized carbons (Fsp3) is 0.174. The van der Waals surface area contributed by atoms with Crippen LogP contribution in [-0.4, -0.2) is 39.3 Å². The number of aliphatic hydroxyl groups excluding tert-OH is 1. The van der Waals surface area contributed by atoms with E-state index in [9.17, 15) is 4.79 Å². The topological polar surface area (TPSA) is 98.6 Å². The Morgan fingerprint density at radius 1 is 1.20 bits per heavy atom. The molecule has 2 aromatic heterocycles. The lowest BCUT2D eigenvalue weighted by Crippen LogP contribution is -2.19. The highest BCUT2D eigenvalue weighted by Gasteiger charge is 2.14. The molecule has 0 saturated carbocycles. The Morgan fingerprint density at radius 3 is 2.73 bits per heavy atom. The average Bonchev–Trinajstić information content (AvgIpc) is 2.82. The molecular formula is C23H22N4O3. The standard InChI is InChI=1S/C23H22N4O3/c28-13-1-2-16-8-11-27(12-9-16)18-5-3-17(4-6-18)22-14-19(23(29)26-30)20-15-24-10-7-21(20)25-22/h3-11,14-15,28,30H,1-2,12-13H2,(H,26,29). The lowest BCUT2D eigenvalue weighted by atomic mass is 10.0. The summed E-state index contributed by atoms with van der Waals surface area (Å²) in [5, 5.41) is 18.6. The summed E-state index contributed by atoms with van der Waals surface area (Å²) in [7, 11) is 0. The van der Waals surface area contributed by atoms with Crippen molar-refractivity contribution in [2.75, 3.05) is 18.1 Å². The molecule has 0 fully saturated rings. The number of fused-ring (bicyclic) bond motifs is 1. The van der Waals surface area contributed by atoms with Gasteiger partial charge in [0, 0.05) is 48.4 Å². The smallest absolute Gasteiger partial charge is 0.275 e. The molecule has 0 atom stereocenters. The molecule has 1 aliphatic rings. The molecule has 7 nitrogen and oxygen atoms in total. The van der Waals surface area contributed by atoms with E-state index in [1.165, 1.54) is 5.57 Å². The molecule has 0 bridgehead atoms. The summed E-state index contributed by atoms with van der Waals surface area (Å²) in [6, 6.07) is 11.3. The van der Waals surface area contributed by atoms with Gasteiger partial charge in [-0.2, -0.15) is 0 Å². The van der Waals surface area contributed by atoms with Gasteiger partial charge in [0.05, 0.1) is 16.8 Å². The zero-order valence-electron chi connectivity index (χ0n) is 16.3. The number of pyridine rings is 2. The van der Waals surface area contributed by atoms with Crippen LogP contribution < -0.4 is 10.4 Å². The van der Waals surface area contributed by atoms with E-state index in [2.05, 4.69) is 27.0 Å². The predicted octanol–water partition coefficient (Wildman–Crippen LogP) is 3.45. The Hall–Kier alpha value is -3.55. The molecule has 7 heteroatoms. The molecule has 4 rings (SSSR count). The van der Waals surface area contributed by atoms with Gasteiger partial charge in [0.25, 0.3) is 5.91 Å². The molecule has 152 valence electrons. The van der Waals surface area contributed by atoms with Crippen LogP contribution in [-0.2, 0) is 0 Å². The second kappa shape index (κ2) is 8.86. The van der Waals surface area contributed by atoms with Gasteiger partial charge in [-0.05, 0) is 48.8 Å². The number of hydroxylamine groups is 1. The van der Waals surface area contributed by atoms with E-state index in [1.54, 1.807) is 30.0 Å². The Bertz CT molecular complexity index is 1120. The minimum absolute atomic E-state index is 0.206. The molecular weight excluding hydrogens is 380 g/mol. The van der Waals surface area contributed by atoms with Crippen molar-refractivity contribution < 1.29 is 15.1 Å². The van der Waals surface area contributed by atoms with Crippen LogP contribution in [0, 0.1) is 0 Å². The Kier molecular flexibility index (Phi) is 5.83. The van der Waals surface area contributed by atoms with Crippen LogP contribution in [0.1, 0.15) is 23.2 Å². The minimum Gasteiger partial charge on any atom is -0.396 e. The highest BCUT2D eigenvalue weighted by Crippen LogP contribution is 2.27. The number of carbonyl (C=O) groups excluding carboxylic acids is 1. The number of nitrogens with one attached hydrogen (secondary N) is 1. The van der Waals surface area contributed by atoms with E-state index in [-0.39, 0.29) is 6.61 Å². The fourth-order valence-electron chi connectivity index (χ4n) is 3.48. The summed E-state index contributed by atoms with van der Waals surface area (Å²) >= 11 is 0. The van der Waals surface area contributed by atoms with Gasteiger partial charge in [0.15, 0.2) is 0 Å². The highest BCUT2D eigenvalue weighted by molar-refractivity contribution is 6.06. The van der Waals surface area contributed by atoms with Crippen molar-refractivity contribution in [2.45, 2.75) is 12.8 Å². The SMILES string of the molecule is O=C(NO)c1cc(-c2ccc(N3C=CC(CCCO)=CC3)cc2)nc2ccncc12. The van der Waals surface area contributed by atoms with Crippen LogP contribution in [0.2, 0.25) is 0 Å². The van der Waals surface area contributed by atoms with Crippen LogP contribution >= 0.6 is 0 Å². The molecule has 0 aliphatic carbocycles. The van der Waals surface area contributed by atoms with E-state index >= 15 is 0 Å². The number of allylic oxidation sites excluding steroid dienone is 2. The second-order valence-corrected chi connectivity index (χ2v) is 7.01. The Labute approximate surface area is 174 Å². The number of carbonyl (C=O) groups is 1. The summed E-state index contributed by atoms with van der Waals surface area (Å²) < 4.78 is 0. The van der Waals surface area contributed by atoms with Crippen molar-refractivity contribution >= 4 is 22.5 Å². The predicted molar refractivity (Wildman–Crippen MR) is 115 cm³/mol. The fourth-order valence-corrected chi connectivity index (χ4v) is 3.48. The van der Waals surface area contributed by atoms with Crippen molar-refractivity contribution in [3.63, 3.8) is 0 Å². The molecule has 1 aliphatic heterocycles. The van der Waals surface area contributed by atoms with Crippen LogP contribution in [0.4, 0.5) is 5.69 Å². The maximum atomic E-state index is 12.1. The number of anilines is 1. The summed E-state index contributed by atoms with van der Waals surface area (Å²) in [4.78, 5) is 22.9. The van der Waals surface area contributed by atoms with Crippen molar-refractivity contribution in [2.24, 2.45) is 0 Å². The molecule has 0 spiro atoms.